The third-order valence-electron chi connectivity index (χ3n) is 2.72. The van der Waals surface area contributed by atoms with E-state index in [2.05, 4.69) is 0 Å². The van der Waals surface area contributed by atoms with Crippen molar-refractivity contribution in [3.63, 3.8) is 0 Å². The third kappa shape index (κ3) is 4.10. The summed E-state index contributed by atoms with van der Waals surface area (Å²) in [7, 11) is 3.87. The number of hydrogen-bond donors (Lipinski definition) is 0. The fourth-order valence-corrected chi connectivity index (χ4v) is 1.97. The molecule has 0 N–H and O–H groups in total. The molecule has 0 aliphatic carbocycles. The van der Waals surface area contributed by atoms with Crippen molar-refractivity contribution in [3.8, 4) is 0 Å². The van der Waals surface area contributed by atoms with Gasteiger partial charge in [-0.05, 0) is 45.1 Å². The molecule has 1 aromatic carbocycles. The summed E-state index contributed by atoms with van der Waals surface area (Å²) in [6.45, 7) is 1.57. The fourth-order valence-electron chi connectivity index (χ4n) is 1.78. The van der Waals surface area contributed by atoms with Gasteiger partial charge in [0.15, 0.2) is 0 Å². The molecule has 0 aliphatic heterocycles. The molecule has 1 aromatic rings. The lowest BCUT2D eigenvalue weighted by molar-refractivity contribution is -0.117. The van der Waals surface area contributed by atoms with E-state index in [1.807, 2.05) is 19.0 Å². The van der Waals surface area contributed by atoms with Crippen LogP contribution < -0.4 is 0 Å². The highest BCUT2D eigenvalue weighted by Gasteiger charge is 2.16. The highest BCUT2D eigenvalue weighted by molar-refractivity contribution is 6.30. The van der Waals surface area contributed by atoms with Crippen LogP contribution in [-0.4, -0.2) is 24.8 Å². The van der Waals surface area contributed by atoms with Crippen LogP contribution in [0.15, 0.2) is 18.2 Å². The minimum atomic E-state index is -0.417. The zero-order valence-corrected chi connectivity index (χ0v) is 11.1. The van der Waals surface area contributed by atoms with Crippen LogP contribution in [-0.2, 0) is 4.79 Å². The van der Waals surface area contributed by atoms with Gasteiger partial charge in [-0.25, -0.2) is 4.39 Å². The summed E-state index contributed by atoms with van der Waals surface area (Å²) in [5.41, 5.74) is 0.933. The van der Waals surface area contributed by atoms with Crippen LogP contribution in [0, 0.1) is 5.82 Å². The molecule has 4 heteroatoms. The van der Waals surface area contributed by atoms with E-state index >= 15 is 0 Å². The number of hydrogen-bond acceptors (Lipinski definition) is 2. The van der Waals surface area contributed by atoms with Gasteiger partial charge in [0, 0.05) is 12.5 Å². The molecule has 0 saturated heterocycles. The van der Waals surface area contributed by atoms with E-state index in [-0.39, 0.29) is 16.8 Å². The van der Waals surface area contributed by atoms with Gasteiger partial charge in [0.1, 0.15) is 11.6 Å². The molecule has 17 heavy (non-hydrogen) atoms. The number of Topliss-reactive ketones (excluding diaryl/α,β-unsaturated/α-hetero) is 1. The lowest BCUT2D eigenvalue weighted by Gasteiger charge is -2.24. The summed E-state index contributed by atoms with van der Waals surface area (Å²) < 4.78 is 13.1. The van der Waals surface area contributed by atoms with E-state index in [0.29, 0.717) is 12.8 Å². The van der Waals surface area contributed by atoms with Gasteiger partial charge in [-0.3, -0.25) is 0 Å². The Morgan fingerprint density at radius 2 is 2.12 bits per heavy atom. The maximum atomic E-state index is 13.1. The van der Waals surface area contributed by atoms with Crippen LogP contribution in [0.3, 0.4) is 0 Å². The van der Waals surface area contributed by atoms with Gasteiger partial charge in [-0.1, -0.05) is 17.7 Å². The third-order valence-corrected chi connectivity index (χ3v) is 3.01. The second-order valence-electron chi connectivity index (χ2n) is 4.39. The molecule has 1 atom stereocenters. The first-order valence-corrected chi connectivity index (χ1v) is 5.90. The van der Waals surface area contributed by atoms with Gasteiger partial charge in [0.2, 0.25) is 0 Å². The van der Waals surface area contributed by atoms with Gasteiger partial charge in [-0.15, -0.1) is 0 Å². The minimum Gasteiger partial charge on any atom is -0.302 e. The molecule has 0 aliphatic rings. The first kappa shape index (κ1) is 14.1. The number of carbonyl (C=O) groups is 1. The van der Waals surface area contributed by atoms with Crippen LogP contribution in [0.2, 0.25) is 5.02 Å². The van der Waals surface area contributed by atoms with E-state index < -0.39 is 5.82 Å². The van der Waals surface area contributed by atoms with Crippen LogP contribution >= 0.6 is 11.6 Å². The highest BCUT2D eigenvalue weighted by Crippen LogP contribution is 2.27. The molecular weight excluding hydrogens is 241 g/mol. The van der Waals surface area contributed by atoms with Gasteiger partial charge >= 0.3 is 0 Å². The second-order valence-corrected chi connectivity index (χ2v) is 4.80. The van der Waals surface area contributed by atoms with Crippen LogP contribution in [0.25, 0.3) is 0 Å². The topological polar surface area (TPSA) is 20.3 Å². The summed E-state index contributed by atoms with van der Waals surface area (Å²) in [5.74, 6) is -0.260. The number of carbonyl (C=O) groups excluding carboxylic acids is 1. The maximum Gasteiger partial charge on any atom is 0.141 e. The van der Waals surface area contributed by atoms with Crippen LogP contribution in [0.1, 0.15) is 31.4 Å². The number of halogens is 2. The molecule has 0 amide bonds. The molecule has 0 saturated carbocycles. The number of benzene rings is 1. The van der Waals surface area contributed by atoms with Crippen molar-refractivity contribution in [1.29, 1.82) is 0 Å². The van der Waals surface area contributed by atoms with Crippen molar-refractivity contribution < 1.29 is 9.18 Å². The molecule has 1 rings (SSSR count). The van der Waals surface area contributed by atoms with Gasteiger partial charge < -0.3 is 9.69 Å². The fraction of sp³-hybridized carbons (Fsp3) is 0.462. The Morgan fingerprint density at radius 3 is 2.59 bits per heavy atom. The van der Waals surface area contributed by atoms with Gasteiger partial charge in [0.25, 0.3) is 0 Å². The Labute approximate surface area is 106 Å². The number of ketones is 1. The monoisotopic (exact) mass is 257 g/mol. The molecule has 94 valence electrons. The Bertz CT molecular complexity index is 406. The molecule has 0 aromatic heterocycles. The van der Waals surface area contributed by atoms with Crippen molar-refractivity contribution >= 4 is 17.4 Å². The maximum absolute atomic E-state index is 13.1. The zero-order valence-electron chi connectivity index (χ0n) is 10.3. The van der Waals surface area contributed by atoms with Crippen molar-refractivity contribution in [3.05, 3.63) is 34.6 Å². The zero-order chi connectivity index (χ0) is 13.0. The van der Waals surface area contributed by atoms with Crippen LogP contribution in [0.5, 0.6) is 0 Å². The quantitative estimate of drug-likeness (QED) is 0.805. The Hall–Kier alpha value is -0.930. The smallest absolute Gasteiger partial charge is 0.141 e. The van der Waals surface area contributed by atoms with Crippen molar-refractivity contribution in [1.82, 2.24) is 4.90 Å². The second kappa shape index (κ2) is 6.12. The molecule has 2 nitrogen and oxygen atoms in total. The largest absolute Gasteiger partial charge is 0.302 e. The summed E-state index contributed by atoms with van der Waals surface area (Å²) in [6, 6.07) is 4.78. The molecule has 0 fully saturated rings. The number of nitrogens with zero attached hydrogens (tertiary/aromatic N) is 1. The summed E-state index contributed by atoms with van der Waals surface area (Å²) in [5, 5.41) is 0.122. The van der Waals surface area contributed by atoms with Crippen molar-refractivity contribution in [2.45, 2.75) is 25.8 Å². The Balaban J connectivity index is 2.89. The van der Waals surface area contributed by atoms with Crippen molar-refractivity contribution in [2.24, 2.45) is 0 Å². The van der Waals surface area contributed by atoms with Crippen molar-refractivity contribution in [2.75, 3.05) is 14.1 Å². The average Bonchev–Trinajstić information content (AvgIpc) is 2.22. The minimum absolute atomic E-state index is 0.0806. The lowest BCUT2D eigenvalue weighted by atomic mass is 10.00. The van der Waals surface area contributed by atoms with E-state index in [0.717, 1.165) is 5.56 Å². The van der Waals surface area contributed by atoms with Gasteiger partial charge in [-0.2, -0.15) is 0 Å². The normalized spacial score (nSPS) is 12.8. The average molecular weight is 258 g/mol. The standard InChI is InChI=1S/C13H17ClFNO/c1-9(17)4-7-13(16(2)3)10-5-6-12(15)11(14)8-10/h5-6,8,13H,4,7H2,1-3H3. The molecule has 0 heterocycles. The summed E-state index contributed by atoms with van der Waals surface area (Å²) >= 11 is 5.76. The Morgan fingerprint density at radius 1 is 1.47 bits per heavy atom. The van der Waals surface area contributed by atoms with E-state index in [9.17, 15) is 9.18 Å². The first-order valence-electron chi connectivity index (χ1n) is 5.52. The van der Waals surface area contributed by atoms with E-state index in [4.69, 9.17) is 11.6 Å². The molecule has 1 unspecified atom stereocenters. The summed E-state index contributed by atoms with van der Waals surface area (Å²) in [6.07, 6.45) is 1.22. The predicted octanol–water partition coefficient (Wildman–Crippen LogP) is 3.45. The van der Waals surface area contributed by atoms with Gasteiger partial charge in [0.05, 0.1) is 5.02 Å². The SMILES string of the molecule is CC(=O)CCC(c1ccc(F)c(Cl)c1)N(C)C. The Kier molecular flexibility index (Phi) is 5.09. The molecule has 0 spiro atoms. The highest BCUT2D eigenvalue weighted by atomic mass is 35.5. The lowest BCUT2D eigenvalue weighted by Crippen LogP contribution is -2.20. The van der Waals surface area contributed by atoms with E-state index in [1.165, 1.54) is 6.07 Å². The molecule has 0 bridgehead atoms. The first-order chi connectivity index (χ1) is 7.91. The van der Waals surface area contributed by atoms with Crippen LogP contribution in [0.4, 0.5) is 4.39 Å². The van der Waals surface area contributed by atoms with E-state index in [1.54, 1.807) is 19.1 Å². The molecule has 0 radical (unpaired) electrons. The molecular formula is C13H17ClFNO. The summed E-state index contributed by atoms with van der Waals surface area (Å²) in [4.78, 5) is 13.0. The number of rotatable bonds is 5. The predicted molar refractivity (Wildman–Crippen MR) is 67.8 cm³/mol.